The molecule has 0 unspecified atom stereocenters. The van der Waals surface area contributed by atoms with Gasteiger partial charge in [0.25, 0.3) is 20.2 Å². The first-order valence-electron chi connectivity index (χ1n) is 11.3. The average Bonchev–Trinajstić information content (AvgIpc) is 2.89. The normalized spacial score (nSPS) is 12.3. The molecule has 41 heavy (non-hydrogen) atoms. The van der Waals surface area contributed by atoms with E-state index in [4.69, 9.17) is 9.11 Å². The fraction of sp³-hybridized carbons (Fsp3) is 0.0400. The second-order valence-electron chi connectivity index (χ2n) is 8.45. The third kappa shape index (κ3) is 7.20. The predicted molar refractivity (Wildman–Crippen MR) is 143 cm³/mol. The minimum Gasteiger partial charge on any atom is -0.508 e. The summed E-state index contributed by atoms with van der Waals surface area (Å²) in [7, 11) is -8.77. The van der Waals surface area contributed by atoms with Crippen molar-refractivity contribution in [1.29, 1.82) is 0 Å². The topological polar surface area (TPSA) is 239 Å². The van der Waals surface area contributed by atoms with Crippen LogP contribution in [0.25, 0.3) is 0 Å². The van der Waals surface area contributed by atoms with Crippen LogP contribution in [0.15, 0.2) is 103 Å². The van der Waals surface area contributed by atoms with E-state index in [0.717, 1.165) is 36.4 Å². The molecular formula is C25H20N4O10S2. The van der Waals surface area contributed by atoms with Gasteiger partial charge in [-0.25, -0.2) is 0 Å². The average molecular weight is 601 g/mol. The Hall–Kier alpha value is -4.90. The van der Waals surface area contributed by atoms with Gasteiger partial charge in [0.1, 0.15) is 34.4 Å². The first kappa shape index (κ1) is 29.1. The van der Waals surface area contributed by atoms with Crippen LogP contribution in [0.2, 0.25) is 0 Å². The Bertz CT molecular complexity index is 1750. The minimum absolute atomic E-state index is 0.0665. The lowest BCUT2D eigenvalue weighted by molar-refractivity contribution is 0.443. The number of phenols is 4. The molecule has 16 heteroatoms. The number of hydrogen-bond donors (Lipinski definition) is 6. The molecule has 6 N–H and O–H groups in total. The zero-order chi connectivity index (χ0) is 29.9. The van der Waals surface area contributed by atoms with Gasteiger partial charge in [0.2, 0.25) is 0 Å². The lowest BCUT2D eigenvalue weighted by Crippen LogP contribution is -1.96. The maximum Gasteiger partial charge on any atom is 0.294 e. The predicted octanol–water partition coefficient (Wildman–Crippen LogP) is 5.42. The van der Waals surface area contributed by atoms with Crippen molar-refractivity contribution >= 4 is 43.0 Å². The van der Waals surface area contributed by atoms with Crippen LogP contribution in [0.3, 0.4) is 0 Å². The standard InChI is InChI=1S/C25H20N4O10S2/c30-22-12-24(32)20(28-26-16-1-5-18(6-2-16)40(34,35)36)10-14(22)9-15-11-21(25(33)13-23(15)31)29-27-17-3-7-19(8-4-17)41(37,38)39/h1-8,10-13,30-33H,9H2,(H,34,35,36)(H,37,38,39). The van der Waals surface area contributed by atoms with E-state index in [-0.39, 0.29) is 61.6 Å². The Morgan fingerprint density at radius 1 is 0.488 bits per heavy atom. The maximum absolute atomic E-state index is 11.2. The third-order valence-corrected chi connectivity index (χ3v) is 7.28. The summed E-state index contributed by atoms with van der Waals surface area (Å²) in [5.74, 6) is -1.52. The summed E-state index contributed by atoms with van der Waals surface area (Å²) in [6.07, 6.45) is -0.116. The van der Waals surface area contributed by atoms with Gasteiger partial charge >= 0.3 is 0 Å². The zero-order valence-electron chi connectivity index (χ0n) is 20.6. The molecule has 0 fully saturated rings. The van der Waals surface area contributed by atoms with Crippen LogP contribution in [0.1, 0.15) is 11.1 Å². The number of rotatable bonds is 8. The molecule has 0 bridgehead atoms. The van der Waals surface area contributed by atoms with Gasteiger partial charge in [-0.15, -0.1) is 10.2 Å². The number of benzene rings is 4. The summed E-state index contributed by atoms with van der Waals surface area (Å²) in [6, 6.07) is 14.2. The van der Waals surface area contributed by atoms with Crippen LogP contribution in [0, 0.1) is 0 Å². The van der Waals surface area contributed by atoms with E-state index in [0.29, 0.717) is 0 Å². The van der Waals surface area contributed by atoms with Crippen molar-refractivity contribution in [3.05, 3.63) is 83.9 Å². The number of phenolic OH excluding ortho intramolecular Hbond substituents is 4. The summed E-state index contributed by atoms with van der Waals surface area (Å²) < 4.78 is 62.8. The Labute approximate surface area is 232 Å². The molecule has 0 radical (unpaired) electrons. The number of azo groups is 2. The molecule has 0 heterocycles. The Balaban J connectivity index is 1.59. The molecule has 4 aromatic rings. The van der Waals surface area contributed by atoms with Crippen LogP contribution in [-0.4, -0.2) is 46.4 Å². The molecule has 4 aromatic carbocycles. The largest absolute Gasteiger partial charge is 0.508 e. The number of hydrogen-bond acceptors (Lipinski definition) is 12. The number of aromatic hydroxyl groups is 4. The van der Waals surface area contributed by atoms with E-state index in [9.17, 15) is 37.3 Å². The molecule has 0 aliphatic heterocycles. The molecule has 0 amide bonds. The van der Waals surface area contributed by atoms with Gasteiger partial charge in [-0.1, -0.05) is 0 Å². The smallest absolute Gasteiger partial charge is 0.294 e. The zero-order valence-corrected chi connectivity index (χ0v) is 22.2. The highest BCUT2D eigenvalue weighted by Gasteiger charge is 2.15. The monoisotopic (exact) mass is 600 g/mol. The Kier molecular flexibility index (Phi) is 8.02. The highest BCUT2D eigenvalue weighted by Crippen LogP contribution is 2.39. The molecule has 0 saturated heterocycles. The second-order valence-corrected chi connectivity index (χ2v) is 11.3. The van der Waals surface area contributed by atoms with E-state index >= 15 is 0 Å². The van der Waals surface area contributed by atoms with Crippen LogP contribution in [0.4, 0.5) is 22.7 Å². The minimum atomic E-state index is -4.38. The van der Waals surface area contributed by atoms with Gasteiger partial charge in [0.15, 0.2) is 0 Å². The van der Waals surface area contributed by atoms with Crippen LogP contribution < -0.4 is 0 Å². The molecule has 4 rings (SSSR count). The van der Waals surface area contributed by atoms with Gasteiger partial charge in [0.05, 0.1) is 21.2 Å². The Morgan fingerprint density at radius 3 is 1.15 bits per heavy atom. The van der Waals surface area contributed by atoms with E-state index in [1.807, 2.05) is 0 Å². The van der Waals surface area contributed by atoms with Gasteiger partial charge in [-0.2, -0.15) is 27.1 Å². The summed E-state index contributed by atoms with van der Waals surface area (Å²) >= 11 is 0. The number of nitrogens with zero attached hydrogens (tertiary/aromatic N) is 4. The van der Waals surface area contributed by atoms with E-state index in [2.05, 4.69) is 20.5 Å². The fourth-order valence-electron chi connectivity index (χ4n) is 3.46. The van der Waals surface area contributed by atoms with Crippen molar-refractivity contribution in [2.75, 3.05) is 0 Å². The first-order valence-corrected chi connectivity index (χ1v) is 14.2. The Morgan fingerprint density at radius 2 is 0.829 bits per heavy atom. The van der Waals surface area contributed by atoms with Crippen LogP contribution in [0.5, 0.6) is 23.0 Å². The van der Waals surface area contributed by atoms with E-state index in [1.165, 1.54) is 36.4 Å². The fourth-order valence-corrected chi connectivity index (χ4v) is 4.42. The van der Waals surface area contributed by atoms with Crippen LogP contribution >= 0.6 is 0 Å². The van der Waals surface area contributed by atoms with Crippen molar-refractivity contribution in [2.45, 2.75) is 16.2 Å². The van der Waals surface area contributed by atoms with Crippen molar-refractivity contribution < 1.29 is 46.4 Å². The highest BCUT2D eigenvalue weighted by molar-refractivity contribution is 7.86. The summed E-state index contributed by atoms with van der Waals surface area (Å²) in [6.45, 7) is 0. The van der Waals surface area contributed by atoms with Crippen molar-refractivity contribution in [1.82, 2.24) is 0 Å². The second kappa shape index (κ2) is 11.3. The highest BCUT2D eigenvalue weighted by atomic mass is 32.2. The first-order chi connectivity index (χ1) is 19.2. The van der Waals surface area contributed by atoms with Gasteiger partial charge < -0.3 is 20.4 Å². The van der Waals surface area contributed by atoms with Crippen molar-refractivity contribution in [3.8, 4) is 23.0 Å². The molecule has 0 saturated carbocycles. The SMILES string of the molecule is O=S(=O)(O)c1ccc(N=Nc2cc(Cc3cc(N=Nc4ccc(S(=O)(=O)O)cc4)c(O)cc3O)c(O)cc2O)cc1. The lowest BCUT2D eigenvalue weighted by Gasteiger charge is -2.10. The quantitative estimate of drug-likeness (QED) is 0.111. The lowest BCUT2D eigenvalue weighted by atomic mass is 10.0. The van der Waals surface area contributed by atoms with Gasteiger partial charge in [0, 0.05) is 29.7 Å². The summed E-state index contributed by atoms with van der Waals surface area (Å²) in [5, 5.41) is 56.8. The molecule has 212 valence electrons. The third-order valence-electron chi connectivity index (χ3n) is 5.55. The van der Waals surface area contributed by atoms with Gasteiger partial charge in [-0.05, 0) is 60.7 Å². The summed E-state index contributed by atoms with van der Waals surface area (Å²) in [5.41, 5.74) is 0.660. The molecule has 0 spiro atoms. The van der Waals surface area contributed by atoms with Gasteiger partial charge in [-0.3, -0.25) is 9.11 Å². The van der Waals surface area contributed by atoms with E-state index < -0.39 is 31.7 Å². The summed E-state index contributed by atoms with van der Waals surface area (Å²) in [4.78, 5) is -0.678. The molecule has 0 aliphatic carbocycles. The molecule has 0 atom stereocenters. The molecule has 0 aliphatic rings. The maximum atomic E-state index is 11.2. The van der Waals surface area contributed by atoms with Crippen molar-refractivity contribution in [3.63, 3.8) is 0 Å². The molecular weight excluding hydrogens is 580 g/mol. The van der Waals surface area contributed by atoms with Crippen molar-refractivity contribution in [2.24, 2.45) is 20.5 Å². The van der Waals surface area contributed by atoms with Crippen LogP contribution in [-0.2, 0) is 26.7 Å². The molecule has 0 aromatic heterocycles. The van der Waals surface area contributed by atoms with E-state index in [1.54, 1.807) is 0 Å². The molecule has 14 nitrogen and oxygen atoms in total.